The highest BCUT2D eigenvalue weighted by Gasteiger charge is 2.10. The van der Waals surface area contributed by atoms with Crippen molar-refractivity contribution in [3.05, 3.63) is 10.0 Å². The summed E-state index contributed by atoms with van der Waals surface area (Å²) in [5.41, 5.74) is 0.185. The summed E-state index contributed by atoms with van der Waals surface area (Å²) < 4.78 is 0. The van der Waals surface area contributed by atoms with E-state index in [1.807, 2.05) is 0 Å². The van der Waals surface area contributed by atoms with Crippen LogP contribution in [0.25, 0.3) is 0 Å². The summed E-state index contributed by atoms with van der Waals surface area (Å²) in [6.07, 6.45) is 3.26. The molecule has 1 N–H and O–H groups in total. The van der Waals surface area contributed by atoms with E-state index >= 15 is 0 Å². The van der Waals surface area contributed by atoms with Crippen LogP contribution in [0.1, 0.15) is 51.1 Å². The van der Waals surface area contributed by atoms with Crippen LogP contribution in [0.4, 0.5) is 0 Å². The molecule has 0 radical (unpaired) electrons. The molecular weight excluding hydrogens is 230 g/mol. The van der Waals surface area contributed by atoms with Crippen molar-refractivity contribution >= 4 is 11.3 Å². The fraction of sp³-hybridized carbons (Fsp3) is 0.846. The van der Waals surface area contributed by atoms with Crippen molar-refractivity contribution < 1.29 is 0 Å². The second kappa shape index (κ2) is 6.45. The lowest BCUT2D eigenvalue weighted by molar-refractivity contribution is 0.429. The summed E-state index contributed by atoms with van der Waals surface area (Å²) in [6, 6.07) is 0. The second-order valence-corrected chi connectivity index (χ2v) is 6.88. The van der Waals surface area contributed by atoms with Gasteiger partial charge in [-0.15, -0.1) is 21.5 Å². The van der Waals surface area contributed by atoms with E-state index in [1.165, 1.54) is 11.4 Å². The first-order valence-electron chi connectivity index (χ1n) is 6.47. The van der Waals surface area contributed by atoms with Crippen LogP contribution in [0.15, 0.2) is 0 Å². The summed E-state index contributed by atoms with van der Waals surface area (Å²) >= 11 is 1.76. The fourth-order valence-corrected chi connectivity index (χ4v) is 2.47. The third-order valence-corrected chi connectivity index (χ3v) is 3.73. The fourth-order valence-electron chi connectivity index (χ4n) is 1.46. The maximum absolute atomic E-state index is 4.26. The van der Waals surface area contributed by atoms with Gasteiger partial charge >= 0.3 is 0 Å². The average Bonchev–Trinajstić information content (AvgIpc) is 2.63. The molecule has 1 atom stereocenters. The molecule has 1 unspecified atom stereocenters. The number of hydrogen-bond acceptors (Lipinski definition) is 4. The van der Waals surface area contributed by atoms with E-state index in [4.69, 9.17) is 0 Å². The van der Waals surface area contributed by atoms with Crippen molar-refractivity contribution in [3.63, 3.8) is 0 Å². The van der Waals surface area contributed by atoms with Gasteiger partial charge < -0.3 is 5.32 Å². The van der Waals surface area contributed by atoms with Crippen molar-refractivity contribution in [2.75, 3.05) is 6.54 Å². The quantitative estimate of drug-likeness (QED) is 0.849. The van der Waals surface area contributed by atoms with Crippen molar-refractivity contribution in [2.24, 2.45) is 5.92 Å². The molecule has 98 valence electrons. The highest BCUT2D eigenvalue weighted by atomic mass is 32.1. The molecule has 0 spiro atoms. The zero-order chi connectivity index (χ0) is 12.9. The highest BCUT2D eigenvalue weighted by molar-refractivity contribution is 7.11. The van der Waals surface area contributed by atoms with E-state index < -0.39 is 0 Å². The molecule has 0 aliphatic heterocycles. The Morgan fingerprint density at radius 2 is 1.88 bits per heavy atom. The van der Waals surface area contributed by atoms with Crippen LogP contribution >= 0.6 is 11.3 Å². The summed E-state index contributed by atoms with van der Waals surface area (Å²) in [4.78, 5) is 0. The molecule has 0 amide bonds. The lowest BCUT2D eigenvalue weighted by atomic mass is 10.1. The number of aromatic nitrogens is 2. The summed E-state index contributed by atoms with van der Waals surface area (Å²) in [5.74, 6) is 0.712. The van der Waals surface area contributed by atoms with Gasteiger partial charge in [-0.05, 0) is 26.7 Å². The zero-order valence-electron chi connectivity index (χ0n) is 11.7. The lowest BCUT2D eigenvalue weighted by Crippen LogP contribution is -2.37. The van der Waals surface area contributed by atoms with E-state index in [2.05, 4.69) is 50.1 Å². The molecule has 0 saturated carbocycles. The van der Waals surface area contributed by atoms with Crippen molar-refractivity contribution in [1.29, 1.82) is 0 Å². The monoisotopic (exact) mass is 255 g/mol. The Kier molecular flexibility index (Phi) is 5.53. The van der Waals surface area contributed by atoms with Gasteiger partial charge in [-0.1, -0.05) is 20.3 Å². The number of nitrogens with one attached hydrogen (secondary N) is 1. The predicted octanol–water partition coefficient (Wildman–Crippen LogP) is 3.06. The van der Waals surface area contributed by atoms with Gasteiger partial charge in [0.05, 0.1) is 0 Å². The van der Waals surface area contributed by atoms with Crippen molar-refractivity contribution in [2.45, 2.75) is 59.4 Å². The minimum absolute atomic E-state index is 0.185. The molecule has 3 nitrogen and oxygen atoms in total. The molecule has 0 aliphatic carbocycles. The van der Waals surface area contributed by atoms with Gasteiger partial charge in [-0.25, -0.2) is 0 Å². The van der Waals surface area contributed by atoms with Crippen LogP contribution in [-0.2, 0) is 12.8 Å². The van der Waals surface area contributed by atoms with E-state index in [-0.39, 0.29) is 5.54 Å². The maximum atomic E-state index is 4.26. The Labute approximate surface area is 109 Å². The third kappa shape index (κ3) is 6.13. The zero-order valence-corrected chi connectivity index (χ0v) is 12.5. The van der Waals surface area contributed by atoms with Gasteiger partial charge in [0, 0.05) is 24.9 Å². The van der Waals surface area contributed by atoms with Gasteiger partial charge in [-0.3, -0.25) is 0 Å². The molecule has 17 heavy (non-hydrogen) atoms. The van der Waals surface area contributed by atoms with Crippen LogP contribution < -0.4 is 5.32 Å². The second-order valence-electron chi connectivity index (χ2n) is 5.73. The Morgan fingerprint density at radius 1 is 1.24 bits per heavy atom. The van der Waals surface area contributed by atoms with Crippen LogP contribution in [-0.4, -0.2) is 22.3 Å². The Balaban J connectivity index is 2.36. The summed E-state index contributed by atoms with van der Waals surface area (Å²) in [5, 5.41) is 14.3. The molecule has 1 rings (SSSR count). The molecule has 0 aromatic carbocycles. The molecule has 1 aromatic heterocycles. The first kappa shape index (κ1) is 14.6. The van der Waals surface area contributed by atoms with E-state index in [9.17, 15) is 0 Å². The topological polar surface area (TPSA) is 37.8 Å². The Hall–Kier alpha value is -0.480. The number of hydrogen-bond donors (Lipinski definition) is 1. The van der Waals surface area contributed by atoms with Gasteiger partial charge in [0.1, 0.15) is 10.0 Å². The Bertz CT molecular complexity index is 328. The largest absolute Gasteiger partial charge is 0.312 e. The summed E-state index contributed by atoms with van der Waals surface area (Å²) in [6.45, 7) is 12.0. The predicted molar refractivity (Wildman–Crippen MR) is 74.5 cm³/mol. The highest BCUT2D eigenvalue weighted by Crippen LogP contribution is 2.16. The van der Waals surface area contributed by atoms with Crippen LogP contribution in [0.2, 0.25) is 0 Å². The molecule has 0 fully saturated rings. The SMILES string of the molecule is CCC(C)Cc1nnc(CCNC(C)(C)C)s1. The van der Waals surface area contributed by atoms with Gasteiger partial charge in [0.2, 0.25) is 0 Å². The van der Waals surface area contributed by atoms with Crippen molar-refractivity contribution in [3.8, 4) is 0 Å². The van der Waals surface area contributed by atoms with Crippen molar-refractivity contribution in [1.82, 2.24) is 15.5 Å². The van der Waals surface area contributed by atoms with Crippen LogP contribution in [0.5, 0.6) is 0 Å². The molecule has 0 bridgehead atoms. The normalized spacial score (nSPS) is 13.9. The average molecular weight is 255 g/mol. The van der Waals surface area contributed by atoms with Crippen LogP contribution in [0.3, 0.4) is 0 Å². The minimum Gasteiger partial charge on any atom is -0.312 e. The number of nitrogens with zero attached hydrogens (tertiary/aromatic N) is 2. The molecule has 4 heteroatoms. The lowest BCUT2D eigenvalue weighted by Gasteiger charge is -2.19. The Morgan fingerprint density at radius 3 is 2.47 bits per heavy atom. The molecule has 0 aliphatic rings. The minimum atomic E-state index is 0.185. The maximum Gasteiger partial charge on any atom is 0.118 e. The first-order chi connectivity index (χ1) is 7.90. The molecule has 1 heterocycles. The van der Waals surface area contributed by atoms with E-state index in [0.29, 0.717) is 5.92 Å². The first-order valence-corrected chi connectivity index (χ1v) is 7.28. The smallest absolute Gasteiger partial charge is 0.118 e. The molecular formula is C13H25N3S. The van der Waals surface area contributed by atoms with E-state index in [1.54, 1.807) is 11.3 Å². The summed E-state index contributed by atoms with van der Waals surface area (Å²) in [7, 11) is 0. The van der Waals surface area contributed by atoms with Gasteiger partial charge in [0.15, 0.2) is 0 Å². The van der Waals surface area contributed by atoms with Gasteiger partial charge in [-0.2, -0.15) is 0 Å². The molecule has 0 saturated heterocycles. The third-order valence-electron chi connectivity index (χ3n) is 2.72. The standard InChI is InChI=1S/C13H25N3S/c1-6-10(2)9-12-16-15-11(17-12)7-8-14-13(3,4)5/h10,14H,6-9H2,1-5H3. The number of rotatable bonds is 6. The van der Waals surface area contributed by atoms with E-state index in [0.717, 1.165) is 24.4 Å². The molecule has 1 aromatic rings. The van der Waals surface area contributed by atoms with Crippen LogP contribution in [0, 0.1) is 5.92 Å². The van der Waals surface area contributed by atoms with Gasteiger partial charge in [0.25, 0.3) is 0 Å².